The summed E-state index contributed by atoms with van der Waals surface area (Å²) in [6, 6.07) is 0.508. The number of sulfonamides is 1. The maximum atomic E-state index is 11.5. The molecule has 0 bridgehead atoms. The van der Waals surface area contributed by atoms with E-state index in [0.717, 1.165) is 13.0 Å². The quantitative estimate of drug-likeness (QED) is 0.765. The topological polar surface area (TPSA) is 49.4 Å². The molecule has 0 radical (unpaired) electrons. The van der Waals surface area contributed by atoms with E-state index in [9.17, 15) is 8.42 Å². The van der Waals surface area contributed by atoms with Crippen molar-refractivity contribution < 1.29 is 8.42 Å². The van der Waals surface area contributed by atoms with Gasteiger partial charge in [0, 0.05) is 19.6 Å². The highest BCUT2D eigenvalue weighted by Gasteiger charge is 2.18. The van der Waals surface area contributed by atoms with Crippen LogP contribution in [0.2, 0.25) is 0 Å². The van der Waals surface area contributed by atoms with E-state index in [1.165, 1.54) is 23.6 Å². The molecule has 90 valence electrons. The van der Waals surface area contributed by atoms with Gasteiger partial charge in [0.2, 0.25) is 10.0 Å². The largest absolute Gasteiger partial charge is 0.314 e. The lowest BCUT2D eigenvalue weighted by Gasteiger charge is -2.25. The summed E-state index contributed by atoms with van der Waals surface area (Å²) in [4.78, 5) is 0. The van der Waals surface area contributed by atoms with Crippen molar-refractivity contribution in [3.8, 4) is 0 Å². The van der Waals surface area contributed by atoms with E-state index in [2.05, 4.69) is 5.32 Å². The van der Waals surface area contributed by atoms with Crippen LogP contribution in [0.15, 0.2) is 0 Å². The highest BCUT2D eigenvalue weighted by Crippen LogP contribution is 2.11. The molecule has 1 atom stereocenters. The number of hydrogen-bond acceptors (Lipinski definition) is 3. The van der Waals surface area contributed by atoms with Crippen molar-refractivity contribution in [1.29, 1.82) is 0 Å². The third-order valence-corrected chi connectivity index (χ3v) is 4.91. The standard InChI is InChI=1S/C10H22N2O2S/c1-3-15(13,14)12(2)9-7-10-6-4-5-8-11-10/h10-11H,3-9H2,1-2H3. The van der Waals surface area contributed by atoms with E-state index in [4.69, 9.17) is 0 Å². The first kappa shape index (κ1) is 12.9. The van der Waals surface area contributed by atoms with Crippen LogP contribution >= 0.6 is 0 Å². The van der Waals surface area contributed by atoms with E-state index < -0.39 is 10.0 Å². The molecule has 1 aliphatic rings. The Morgan fingerprint density at radius 2 is 2.13 bits per heavy atom. The number of piperidine rings is 1. The van der Waals surface area contributed by atoms with Gasteiger partial charge < -0.3 is 5.32 Å². The lowest BCUT2D eigenvalue weighted by molar-refractivity contribution is 0.352. The zero-order valence-corrected chi connectivity index (χ0v) is 10.5. The number of rotatable bonds is 5. The molecule has 0 aliphatic carbocycles. The molecule has 1 N–H and O–H groups in total. The van der Waals surface area contributed by atoms with Crippen LogP contribution in [0.3, 0.4) is 0 Å². The Hall–Kier alpha value is -0.130. The second kappa shape index (κ2) is 5.82. The molecule has 1 heterocycles. The van der Waals surface area contributed by atoms with Gasteiger partial charge in [-0.3, -0.25) is 0 Å². The summed E-state index contributed by atoms with van der Waals surface area (Å²) in [5, 5.41) is 3.42. The minimum atomic E-state index is -2.99. The zero-order chi connectivity index (χ0) is 11.3. The maximum Gasteiger partial charge on any atom is 0.213 e. The van der Waals surface area contributed by atoms with Crippen molar-refractivity contribution in [2.75, 3.05) is 25.9 Å². The molecule has 1 rings (SSSR count). The molecule has 0 saturated carbocycles. The number of nitrogens with one attached hydrogen (secondary N) is 1. The SMILES string of the molecule is CCS(=O)(=O)N(C)CCC1CCCCN1. The highest BCUT2D eigenvalue weighted by atomic mass is 32.2. The van der Waals surface area contributed by atoms with E-state index in [1.54, 1.807) is 14.0 Å². The van der Waals surface area contributed by atoms with Crippen LogP contribution in [0.5, 0.6) is 0 Å². The third-order valence-electron chi connectivity index (χ3n) is 3.04. The van der Waals surface area contributed by atoms with Crippen LogP contribution in [-0.2, 0) is 10.0 Å². The third kappa shape index (κ3) is 4.09. The van der Waals surface area contributed by atoms with Crippen molar-refractivity contribution in [3.63, 3.8) is 0 Å². The summed E-state index contributed by atoms with van der Waals surface area (Å²) in [5.41, 5.74) is 0. The lowest BCUT2D eigenvalue weighted by atomic mass is 10.0. The van der Waals surface area contributed by atoms with Crippen molar-refractivity contribution in [3.05, 3.63) is 0 Å². The Balaban J connectivity index is 2.30. The summed E-state index contributed by atoms with van der Waals surface area (Å²) < 4.78 is 24.4. The molecule has 0 aromatic heterocycles. The smallest absolute Gasteiger partial charge is 0.213 e. The van der Waals surface area contributed by atoms with Crippen molar-refractivity contribution in [2.45, 2.75) is 38.6 Å². The van der Waals surface area contributed by atoms with Gasteiger partial charge in [-0.15, -0.1) is 0 Å². The summed E-state index contributed by atoms with van der Waals surface area (Å²) in [6.07, 6.45) is 4.62. The van der Waals surface area contributed by atoms with E-state index in [0.29, 0.717) is 12.6 Å². The molecule has 15 heavy (non-hydrogen) atoms. The van der Waals surface area contributed by atoms with Crippen molar-refractivity contribution in [2.24, 2.45) is 0 Å². The van der Waals surface area contributed by atoms with Gasteiger partial charge in [-0.05, 0) is 32.7 Å². The predicted molar refractivity (Wildman–Crippen MR) is 62.3 cm³/mol. The van der Waals surface area contributed by atoms with Gasteiger partial charge >= 0.3 is 0 Å². The maximum absolute atomic E-state index is 11.5. The average molecular weight is 234 g/mol. The second-order valence-corrected chi connectivity index (χ2v) is 6.52. The molecule has 1 saturated heterocycles. The Morgan fingerprint density at radius 3 is 2.67 bits per heavy atom. The molecule has 0 amide bonds. The summed E-state index contributed by atoms with van der Waals surface area (Å²) >= 11 is 0. The van der Waals surface area contributed by atoms with Crippen molar-refractivity contribution >= 4 is 10.0 Å². The van der Waals surface area contributed by atoms with Crippen LogP contribution in [0.4, 0.5) is 0 Å². The Bertz CT molecular complexity index is 271. The summed E-state index contributed by atoms with van der Waals surface area (Å²) in [5.74, 6) is 0.196. The molecular formula is C10H22N2O2S. The summed E-state index contributed by atoms with van der Waals surface area (Å²) in [7, 11) is -1.33. The van der Waals surface area contributed by atoms with Gasteiger partial charge in [-0.2, -0.15) is 0 Å². The Labute approximate surface area is 93.1 Å². The lowest BCUT2D eigenvalue weighted by Crippen LogP contribution is -2.38. The molecule has 1 fully saturated rings. The van der Waals surface area contributed by atoms with Gasteiger partial charge in [0.25, 0.3) is 0 Å². The molecule has 0 aromatic rings. The van der Waals surface area contributed by atoms with Crippen LogP contribution in [0, 0.1) is 0 Å². The fourth-order valence-corrected chi connectivity index (χ4v) is 2.69. The molecule has 5 heteroatoms. The van der Waals surface area contributed by atoms with Crippen molar-refractivity contribution in [1.82, 2.24) is 9.62 Å². The number of nitrogens with zero attached hydrogens (tertiary/aromatic N) is 1. The summed E-state index contributed by atoms with van der Waals surface area (Å²) in [6.45, 7) is 3.40. The first-order valence-electron chi connectivity index (χ1n) is 5.73. The first-order valence-corrected chi connectivity index (χ1v) is 7.34. The molecule has 1 aliphatic heterocycles. The zero-order valence-electron chi connectivity index (χ0n) is 9.70. The van der Waals surface area contributed by atoms with E-state index >= 15 is 0 Å². The minimum Gasteiger partial charge on any atom is -0.314 e. The molecule has 0 aromatic carbocycles. The first-order chi connectivity index (χ1) is 7.06. The minimum absolute atomic E-state index is 0.196. The molecule has 0 spiro atoms. The van der Waals surface area contributed by atoms with Gasteiger partial charge in [-0.1, -0.05) is 6.42 Å². The normalized spacial score (nSPS) is 23.3. The van der Waals surface area contributed by atoms with Gasteiger partial charge in [0.05, 0.1) is 5.75 Å². The van der Waals surface area contributed by atoms with Crippen LogP contribution < -0.4 is 5.32 Å². The van der Waals surface area contributed by atoms with Crippen LogP contribution in [0.1, 0.15) is 32.6 Å². The fourth-order valence-electron chi connectivity index (χ4n) is 1.87. The second-order valence-electron chi connectivity index (χ2n) is 4.16. The predicted octanol–water partition coefficient (Wildman–Crippen LogP) is 0.800. The molecule has 1 unspecified atom stereocenters. The highest BCUT2D eigenvalue weighted by molar-refractivity contribution is 7.89. The van der Waals surface area contributed by atoms with Crippen LogP contribution in [-0.4, -0.2) is 44.7 Å². The van der Waals surface area contributed by atoms with Gasteiger partial charge in [0.1, 0.15) is 0 Å². The fraction of sp³-hybridized carbons (Fsp3) is 1.00. The average Bonchev–Trinajstić information content (AvgIpc) is 2.27. The monoisotopic (exact) mass is 234 g/mol. The molecule has 4 nitrogen and oxygen atoms in total. The van der Waals surface area contributed by atoms with Gasteiger partial charge in [-0.25, -0.2) is 12.7 Å². The Morgan fingerprint density at radius 1 is 1.40 bits per heavy atom. The molecular weight excluding hydrogens is 212 g/mol. The van der Waals surface area contributed by atoms with E-state index in [-0.39, 0.29) is 5.75 Å². The van der Waals surface area contributed by atoms with Crippen LogP contribution in [0.25, 0.3) is 0 Å². The van der Waals surface area contributed by atoms with E-state index in [1.807, 2.05) is 0 Å². The number of hydrogen-bond donors (Lipinski definition) is 1. The van der Waals surface area contributed by atoms with Gasteiger partial charge in [0.15, 0.2) is 0 Å². The Kier molecular flexibility index (Phi) is 5.02.